The van der Waals surface area contributed by atoms with E-state index in [9.17, 15) is 14.4 Å². The van der Waals surface area contributed by atoms with Gasteiger partial charge in [-0.1, -0.05) is 43.3 Å². The van der Waals surface area contributed by atoms with Crippen molar-refractivity contribution >= 4 is 29.1 Å². The summed E-state index contributed by atoms with van der Waals surface area (Å²) in [5.41, 5.74) is 3.46. The molecule has 0 radical (unpaired) electrons. The minimum Gasteiger partial charge on any atom is -0.324 e. The molecule has 1 fully saturated rings. The van der Waals surface area contributed by atoms with Crippen LogP contribution in [0.2, 0.25) is 0 Å². The van der Waals surface area contributed by atoms with Crippen molar-refractivity contribution in [3.63, 3.8) is 0 Å². The minimum atomic E-state index is -0.917. The van der Waals surface area contributed by atoms with Gasteiger partial charge in [-0.25, -0.2) is 4.90 Å². The van der Waals surface area contributed by atoms with Crippen LogP contribution < -0.4 is 10.2 Å². The molecule has 0 spiro atoms. The van der Waals surface area contributed by atoms with Crippen LogP contribution in [0.1, 0.15) is 25.0 Å². The highest BCUT2D eigenvalue weighted by molar-refractivity contribution is 6.25. The zero-order valence-electron chi connectivity index (χ0n) is 16.9. The van der Waals surface area contributed by atoms with E-state index in [0.29, 0.717) is 11.4 Å². The highest BCUT2D eigenvalue weighted by atomic mass is 16.2. The van der Waals surface area contributed by atoms with Crippen molar-refractivity contribution in [1.82, 2.24) is 5.01 Å². The average Bonchev–Trinajstić information content (AvgIpc) is 3.28. The van der Waals surface area contributed by atoms with E-state index in [1.54, 1.807) is 12.1 Å². The first kappa shape index (κ1) is 19.8. The lowest BCUT2D eigenvalue weighted by atomic mass is 10.1. The van der Waals surface area contributed by atoms with Crippen molar-refractivity contribution in [1.29, 1.82) is 0 Å². The smallest absolute Gasteiger partial charge is 0.263 e. The third-order valence-corrected chi connectivity index (χ3v) is 5.41. The molecule has 2 aromatic carbocycles. The van der Waals surface area contributed by atoms with E-state index in [1.165, 1.54) is 10.6 Å². The zero-order chi connectivity index (χ0) is 21.3. The molecule has 1 N–H and O–H groups in total. The lowest BCUT2D eigenvalue weighted by molar-refractivity contribution is -0.123. The Hall–Kier alpha value is -3.55. The van der Waals surface area contributed by atoms with E-state index >= 15 is 0 Å². The van der Waals surface area contributed by atoms with Crippen LogP contribution in [0.4, 0.5) is 11.4 Å². The van der Waals surface area contributed by atoms with Crippen LogP contribution in [0.3, 0.4) is 0 Å². The van der Waals surface area contributed by atoms with Crippen molar-refractivity contribution in [3.8, 4) is 0 Å². The summed E-state index contributed by atoms with van der Waals surface area (Å²) in [4.78, 5) is 39.3. The fourth-order valence-corrected chi connectivity index (χ4v) is 3.66. The summed E-state index contributed by atoms with van der Waals surface area (Å²) in [6.07, 6.45) is 1.78. The number of hydrogen-bond donors (Lipinski definition) is 1. The number of aryl methyl sites for hydroxylation is 2. The molecule has 1 saturated heterocycles. The number of rotatable bonds is 6. The number of carbonyl (C=O) groups excluding carboxylic acids is 3. The van der Waals surface area contributed by atoms with Gasteiger partial charge in [0.05, 0.1) is 5.69 Å². The fourth-order valence-electron chi connectivity index (χ4n) is 3.66. The number of amides is 3. The molecule has 3 amide bonds. The van der Waals surface area contributed by atoms with Gasteiger partial charge in [0.15, 0.2) is 12.1 Å². The van der Waals surface area contributed by atoms with E-state index < -0.39 is 23.9 Å². The molecule has 0 bridgehead atoms. The maximum Gasteiger partial charge on any atom is 0.263 e. The van der Waals surface area contributed by atoms with Crippen molar-refractivity contribution in [2.75, 3.05) is 16.8 Å². The van der Waals surface area contributed by atoms with Crippen LogP contribution in [0.25, 0.3) is 0 Å². The monoisotopic (exact) mass is 405 g/mol. The van der Waals surface area contributed by atoms with Crippen LogP contribution >= 0.6 is 0 Å². The van der Waals surface area contributed by atoms with E-state index in [1.807, 2.05) is 43.3 Å². The summed E-state index contributed by atoms with van der Waals surface area (Å²) in [7, 11) is 0. The standard InChI is InChI=1S/C22H23N5O3/c1-3-14-5-9-16(10-6-14)23-18(28)13-26-20-19(24-25-26)21(29)27(22(20)30)17-11-7-15(4-2)8-12-17/h5-12,19-20H,3-4,13H2,1-2H3,(H,23,28). The third-order valence-electron chi connectivity index (χ3n) is 5.41. The van der Waals surface area contributed by atoms with Crippen molar-refractivity contribution in [2.45, 2.75) is 38.8 Å². The highest BCUT2D eigenvalue weighted by Gasteiger charge is 2.55. The quantitative estimate of drug-likeness (QED) is 0.748. The molecular weight excluding hydrogens is 382 g/mol. The van der Waals surface area contributed by atoms with E-state index in [0.717, 1.165) is 23.3 Å². The molecule has 8 heteroatoms. The summed E-state index contributed by atoms with van der Waals surface area (Å²) in [6.45, 7) is 3.93. The fraction of sp³-hybridized carbons (Fsp3) is 0.318. The molecule has 0 aromatic heterocycles. The lowest BCUT2D eigenvalue weighted by Gasteiger charge is -2.20. The Bertz CT molecular complexity index is 1000. The Morgan fingerprint density at radius 3 is 2.13 bits per heavy atom. The summed E-state index contributed by atoms with van der Waals surface area (Å²) in [5.74, 6) is -1.17. The first-order chi connectivity index (χ1) is 14.5. The molecule has 4 rings (SSSR count). The normalized spacial score (nSPS) is 20.1. The van der Waals surface area contributed by atoms with E-state index in [-0.39, 0.29) is 12.5 Å². The Balaban J connectivity index is 1.45. The van der Waals surface area contributed by atoms with Crippen molar-refractivity contribution < 1.29 is 14.4 Å². The van der Waals surface area contributed by atoms with Crippen molar-refractivity contribution in [2.24, 2.45) is 10.3 Å². The summed E-state index contributed by atoms with van der Waals surface area (Å²) < 4.78 is 0. The van der Waals surface area contributed by atoms with Gasteiger partial charge in [0, 0.05) is 5.69 Å². The van der Waals surface area contributed by atoms with Gasteiger partial charge < -0.3 is 5.32 Å². The van der Waals surface area contributed by atoms with Crippen LogP contribution in [-0.2, 0) is 27.2 Å². The topological polar surface area (TPSA) is 94.4 Å². The number of anilines is 2. The number of nitrogens with one attached hydrogen (secondary N) is 1. The minimum absolute atomic E-state index is 0.165. The highest BCUT2D eigenvalue weighted by Crippen LogP contribution is 2.31. The molecule has 8 nitrogen and oxygen atoms in total. The van der Waals surface area contributed by atoms with Crippen molar-refractivity contribution in [3.05, 3.63) is 59.7 Å². The van der Waals surface area contributed by atoms with Gasteiger partial charge in [-0.05, 0) is 48.2 Å². The lowest BCUT2D eigenvalue weighted by Crippen LogP contribution is -2.43. The van der Waals surface area contributed by atoms with Gasteiger partial charge in [-0.2, -0.15) is 5.11 Å². The Kier molecular flexibility index (Phi) is 5.31. The molecule has 2 aromatic rings. The predicted octanol–water partition coefficient (Wildman–Crippen LogP) is 2.74. The largest absolute Gasteiger partial charge is 0.324 e. The second kappa shape index (κ2) is 8.06. The second-order valence-electron chi connectivity index (χ2n) is 7.32. The summed E-state index contributed by atoms with van der Waals surface area (Å²) in [6, 6.07) is 13.0. The van der Waals surface area contributed by atoms with Crippen LogP contribution in [0, 0.1) is 0 Å². The Labute approximate surface area is 174 Å². The number of hydrogen-bond acceptors (Lipinski definition) is 6. The Morgan fingerprint density at radius 1 is 0.933 bits per heavy atom. The Morgan fingerprint density at radius 2 is 1.53 bits per heavy atom. The molecular formula is C22H23N5O3. The SMILES string of the molecule is CCc1ccc(NC(=O)CN2N=NC3C(=O)N(c4ccc(CC)cc4)C(=O)C32)cc1. The molecule has 0 aliphatic carbocycles. The van der Waals surface area contributed by atoms with Crippen LogP contribution in [-0.4, -0.2) is 41.4 Å². The molecule has 2 heterocycles. The predicted molar refractivity (Wildman–Crippen MR) is 112 cm³/mol. The summed E-state index contributed by atoms with van der Waals surface area (Å²) >= 11 is 0. The number of benzene rings is 2. The maximum atomic E-state index is 13.0. The second-order valence-corrected chi connectivity index (χ2v) is 7.32. The van der Waals surface area contributed by atoms with Gasteiger partial charge in [-0.15, -0.1) is 0 Å². The summed E-state index contributed by atoms with van der Waals surface area (Å²) in [5, 5.41) is 12.0. The number of carbonyl (C=O) groups is 3. The molecule has 154 valence electrons. The third kappa shape index (κ3) is 3.56. The number of imide groups is 1. The van der Waals surface area contributed by atoms with E-state index in [2.05, 4.69) is 22.6 Å². The molecule has 0 saturated carbocycles. The molecule has 2 aliphatic rings. The van der Waals surface area contributed by atoms with Gasteiger partial charge in [0.1, 0.15) is 6.54 Å². The molecule has 2 aliphatic heterocycles. The van der Waals surface area contributed by atoms with Crippen LogP contribution in [0.15, 0.2) is 58.9 Å². The van der Waals surface area contributed by atoms with E-state index in [4.69, 9.17) is 0 Å². The van der Waals surface area contributed by atoms with Gasteiger partial charge >= 0.3 is 0 Å². The van der Waals surface area contributed by atoms with Gasteiger partial charge in [0.25, 0.3) is 11.8 Å². The number of nitrogens with zero attached hydrogens (tertiary/aromatic N) is 4. The average molecular weight is 405 g/mol. The van der Waals surface area contributed by atoms with Gasteiger partial charge in [0.2, 0.25) is 5.91 Å². The maximum absolute atomic E-state index is 13.0. The number of fused-ring (bicyclic) bond motifs is 1. The van der Waals surface area contributed by atoms with Crippen LogP contribution in [0.5, 0.6) is 0 Å². The van der Waals surface area contributed by atoms with Gasteiger partial charge in [-0.3, -0.25) is 19.4 Å². The molecule has 2 unspecified atom stereocenters. The molecule has 30 heavy (non-hydrogen) atoms. The molecule has 2 atom stereocenters. The first-order valence-corrected chi connectivity index (χ1v) is 10.0. The zero-order valence-corrected chi connectivity index (χ0v) is 16.9. The first-order valence-electron chi connectivity index (χ1n) is 10.0.